The van der Waals surface area contributed by atoms with Crippen molar-refractivity contribution in [2.24, 2.45) is 0 Å². The van der Waals surface area contributed by atoms with Gasteiger partial charge in [-0.2, -0.15) is 0 Å². The normalized spacial score (nSPS) is 22.8. The minimum atomic E-state index is 0.702. The zero-order chi connectivity index (χ0) is 10.7. The van der Waals surface area contributed by atoms with Crippen molar-refractivity contribution in [1.29, 1.82) is 0 Å². The largest absolute Gasteiger partial charge is 0.348 e. The number of rotatable bonds is 2. The number of halogens is 1. The van der Waals surface area contributed by atoms with Crippen LogP contribution < -0.4 is 4.90 Å². The van der Waals surface area contributed by atoms with Crippen molar-refractivity contribution in [3.63, 3.8) is 0 Å². The molecule has 1 unspecified atom stereocenters. The molecule has 4 heteroatoms. The summed E-state index contributed by atoms with van der Waals surface area (Å²) in [6.07, 6.45) is 4.85. The van der Waals surface area contributed by atoms with Gasteiger partial charge in [-0.1, -0.05) is 22.9 Å². The number of hydrogen-bond acceptors (Lipinski definition) is 3. The number of hydrogen-bond donors (Lipinski definition) is 0. The van der Waals surface area contributed by atoms with Gasteiger partial charge in [0.05, 0.1) is 5.69 Å². The fraction of sp³-hybridized carbons (Fsp3) is 0.727. The van der Waals surface area contributed by atoms with Crippen LogP contribution in [0.5, 0.6) is 0 Å². The first-order chi connectivity index (χ1) is 7.29. The molecule has 2 nitrogen and oxygen atoms in total. The minimum absolute atomic E-state index is 0.702. The van der Waals surface area contributed by atoms with Crippen molar-refractivity contribution >= 4 is 32.4 Å². The van der Waals surface area contributed by atoms with E-state index in [2.05, 4.69) is 38.1 Å². The summed E-state index contributed by atoms with van der Waals surface area (Å²) in [4.78, 5) is 7.79. The van der Waals surface area contributed by atoms with E-state index in [9.17, 15) is 0 Å². The van der Waals surface area contributed by atoms with Crippen LogP contribution >= 0.6 is 27.3 Å². The average Bonchev–Trinajstić information content (AvgIpc) is 2.62. The molecule has 1 atom stereocenters. The Bertz CT molecular complexity index is 313. The van der Waals surface area contributed by atoms with Gasteiger partial charge in [0.15, 0.2) is 5.13 Å². The molecule has 0 aliphatic carbocycles. The van der Waals surface area contributed by atoms with Crippen molar-refractivity contribution in [3.05, 3.63) is 11.1 Å². The van der Waals surface area contributed by atoms with E-state index in [1.54, 1.807) is 11.3 Å². The molecule has 84 valence electrons. The van der Waals surface area contributed by atoms with Crippen LogP contribution in [0.15, 0.2) is 5.38 Å². The molecule has 15 heavy (non-hydrogen) atoms. The van der Waals surface area contributed by atoms with Crippen molar-refractivity contribution in [2.45, 2.75) is 37.4 Å². The van der Waals surface area contributed by atoms with Crippen molar-refractivity contribution in [1.82, 2.24) is 4.98 Å². The van der Waals surface area contributed by atoms with E-state index in [1.165, 1.54) is 36.6 Å². The predicted octanol–water partition coefficient (Wildman–Crippen LogP) is 3.46. The van der Waals surface area contributed by atoms with Gasteiger partial charge < -0.3 is 4.90 Å². The number of thiazole rings is 1. The summed E-state index contributed by atoms with van der Waals surface area (Å²) in [6.45, 7) is 4.47. The van der Waals surface area contributed by atoms with Gasteiger partial charge >= 0.3 is 0 Å². The fourth-order valence-corrected chi connectivity index (χ4v) is 3.34. The molecule has 0 aromatic carbocycles. The highest BCUT2D eigenvalue weighted by Gasteiger charge is 2.16. The summed E-state index contributed by atoms with van der Waals surface area (Å²) >= 11 is 5.50. The van der Waals surface area contributed by atoms with Crippen LogP contribution in [0.25, 0.3) is 0 Å². The Hall–Kier alpha value is -0.0900. The molecule has 1 aliphatic rings. The van der Waals surface area contributed by atoms with Gasteiger partial charge in [0, 0.05) is 23.3 Å². The molecule has 2 heterocycles. The first-order valence-corrected chi connectivity index (χ1v) is 7.42. The second kappa shape index (κ2) is 5.30. The Labute approximate surface area is 104 Å². The van der Waals surface area contributed by atoms with E-state index in [-0.39, 0.29) is 0 Å². The van der Waals surface area contributed by atoms with Gasteiger partial charge in [0.2, 0.25) is 0 Å². The number of aromatic nitrogens is 1. The van der Waals surface area contributed by atoms with Gasteiger partial charge in [-0.25, -0.2) is 4.98 Å². The summed E-state index contributed by atoms with van der Waals surface area (Å²) in [5, 5.41) is 3.40. The zero-order valence-corrected chi connectivity index (χ0v) is 11.5. The third kappa shape index (κ3) is 2.94. The average molecular weight is 289 g/mol. The minimum Gasteiger partial charge on any atom is -0.348 e. The third-order valence-corrected chi connectivity index (χ3v) is 4.70. The number of anilines is 1. The fourth-order valence-electron chi connectivity index (χ4n) is 1.85. The Morgan fingerprint density at radius 3 is 3.13 bits per heavy atom. The maximum Gasteiger partial charge on any atom is 0.185 e. The third-order valence-electron chi connectivity index (χ3n) is 2.83. The summed E-state index contributed by atoms with van der Waals surface area (Å²) in [5.74, 6) is 0. The molecule has 1 aliphatic heterocycles. The zero-order valence-electron chi connectivity index (χ0n) is 9.08. The smallest absolute Gasteiger partial charge is 0.185 e. The maximum atomic E-state index is 4.65. The molecular formula is C11H17BrN2S. The van der Waals surface area contributed by atoms with Gasteiger partial charge in [0.25, 0.3) is 0 Å². The molecule has 0 N–H and O–H groups in total. The molecule has 1 saturated heterocycles. The molecular weight excluding hydrogens is 272 g/mol. The quantitative estimate of drug-likeness (QED) is 0.775. The summed E-state index contributed by atoms with van der Waals surface area (Å²) in [5.41, 5.74) is 1.23. The van der Waals surface area contributed by atoms with E-state index in [1.807, 2.05) is 0 Å². The molecule has 0 spiro atoms. The molecule has 0 bridgehead atoms. The van der Waals surface area contributed by atoms with Gasteiger partial charge in [-0.15, -0.1) is 11.3 Å². The lowest BCUT2D eigenvalue weighted by atomic mass is 10.2. The highest BCUT2D eigenvalue weighted by molar-refractivity contribution is 9.09. The van der Waals surface area contributed by atoms with Crippen LogP contribution in [-0.4, -0.2) is 22.9 Å². The lowest BCUT2D eigenvalue weighted by Crippen LogP contribution is -2.24. The summed E-state index contributed by atoms with van der Waals surface area (Å²) in [6, 6.07) is 0. The number of aryl methyl sites for hydroxylation is 1. The maximum absolute atomic E-state index is 4.65. The molecule has 0 saturated carbocycles. The van der Waals surface area contributed by atoms with E-state index >= 15 is 0 Å². The van der Waals surface area contributed by atoms with Crippen molar-refractivity contribution in [2.75, 3.05) is 18.0 Å². The van der Waals surface area contributed by atoms with Crippen LogP contribution in [0, 0.1) is 0 Å². The highest BCUT2D eigenvalue weighted by Crippen LogP contribution is 2.25. The molecule has 1 aromatic heterocycles. The van der Waals surface area contributed by atoms with Crippen molar-refractivity contribution < 1.29 is 0 Å². The highest BCUT2D eigenvalue weighted by atomic mass is 79.9. The van der Waals surface area contributed by atoms with E-state index in [4.69, 9.17) is 0 Å². The van der Waals surface area contributed by atoms with Gasteiger partial charge in [0.1, 0.15) is 0 Å². The van der Waals surface area contributed by atoms with Crippen molar-refractivity contribution in [3.8, 4) is 0 Å². The monoisotopic (exact) mass is 288 g/mol. The first-order valence-electron chi connectivity index (χ1n) is 5.63. The Morgan fingerprint density at radius 1 is 1.53 bits per heavy atom. The molecule has 0 radical (unpaired) electrons. The second-order valence-corrected chi connectivity index (χ2v) is 6.12. The number of nitrogens with zero attached hydrogens (tertiary/aromatic N) is 2. The van der Waals surface area contributed by atoms with Crippen LogP contribution in [0.4, 0.5) is 5.13 Å². The second-order valence-electron chi connectivity index (χ2n) is 3.99. The van der Waals surface area contributed by atoms with Crippen LogP contribution in [0.2, 0.25) is 0 Å². The predicted molar refractivity (Wildman–Crippen MR) is 70.3 cm³/mol. The van der Waals surface area contributed by atoms with E-state index < -0.39 is 0 Å². The standard InChI is InChI=1S/C11H17BrN2S/c1-2-10-8-15-11(13-10)14-6-3-4-9(12)5-7-14/h8-9H,2-7H2,1H3. The Morgan fingerprint density at radius 2 is 2.40 bits per heavy atom. The lowest BCUT2D eigenvalue weighted by Gasteiger charge is -2.18. The first kappa shape index (κ1) is 11.4. The topological polar surface area (TPSA) is 16.1 Å². The molecule has 0 amide bonds. The van der Waals surface area contributed by atoms with Crippen LogP contribution in [0.1, 0.15) is 31.9 Å². The Kier molecular flexibility index (Phi) is 4.03. The van der Waals surface area contributed by atoms with E-state index in [0.29, 0.717) is 4.83 Å². The molecule has 1 aromatic rings. The van der Waals surface area contributed by atoms with Gasteiger partial charge in [-0.05, 0) is 25.7 Å². The Balaban J connectivity index is 2.03. The van der Waals surface area contributed by atoms with E-state index in [0.717, 1.165) is 13.0 Å². The summed E-state index contributed by atoms with van der Waals surface area (Å²) < 4.78 is 0. The SMILES string of the molecule is CCc1csc(N2CCCC(Br)CC2)n1. The van der Waals surface area contributed by atoms with Crippen LogP contribution in [-0.2, 0) is 6.42 Å². The van der Waals surface area contributed by atoms with Gasteiger partial charge in [-0.3, -0.25) is 0 Å². The molecule has 1 fully saturated rings. The summed E-state index contributed by atoms with van der Waals surface area (Å²) in [7, 11) is 0. The number of alkyl halides is 1. The lowest BCUT2D eigenvalue weighted by molar-refractivity contribution is 0.754. The van der Waals surface area contributed by atoms with Crippen LogP contribution in [0.3, 0.4) is 0 Å². The molecule has 2 rings (SSSR count).